The summed E-state index contributed by atoms with van der Waals surface area (Å²) in [6.45, 7) is 6.86. The summed E-state index contributed by atoms with van der Waals surface area (Å²) >= 11 is 0. The lowest BCUT2D eigenvalue weighted by atomic mass is 9.93. The van der Waals surface area contributed by atoms with Crippen molar-refractivity contribution in [1.82, 2.24) is 9.97 Å². The van der Waals surface area contributed by atoms with Gasteiger partial charge in [-0.15, -0.1) is 0 Å². The molecule has 0 bridgehead atoms. The van der Waals surface area contributed by atoms with E-state index in [4.69, 9.17) is 4.74 Å². The highest BCUT2D eigenvalue weighted by atomic mass is 16.5. The van der Waals surface area contributed by atoms with Gasteiger partial charge in [-0.25, -0.2) is 4.98 Å². The van der Waals surface area contributed by atoms with Gasteiger partial charge in [-0.05, 0) is 5.56 Å². The van der Waals surface area contributed by atoms with Crippen LogP contribution >= 0.6 is 0 Å². The summed E-state index contributed by atoms with van der Waals surface area (Å²) in [4.78, 5) is 8.65. The number of hydrogen-bond donors (Lipinski definition) is 0. The van der Waals surface area contributed by atoms with Gasteiger partial charge in [0.25, 0.3) is 0 Å². The number of ether oxygens (including phenoxy) is 1. The molecule has 2 aromatic rings. The molecule has 0 fully saturated rings. The van der Waals surface area contributed by atoms with Crippen LogP contribution in [0, 0.1) is 0 Å². The van der Waals surface area contributed by atoms with Crippen LogP contribution in [0.5, 0.6) is 5.88 Å². The van der Waals surface area contributed by atoms with Crippen LogP contribution in [0.1, 0.15) is 32.0 Å². The molecule has 0 N–H and O–H groups in total. The van der Waals surface area contributed by atoms with Gasteiger partial charge in [0, 0.05) is 5.41 Å². The van der Waals surface area contributed by atoms with E-state index in [0.717, 1.165) is 11.3 Å². The largest absolute Gasteiger partial charge is 0.472 e. The van der Waals surface area contributed by atoms with Crippen LogP contribution in [-0.4, -0.2) is 9.97 Å². The second-order valence-electron chi connectivity index (χ2n) is 5.26. The van der Waals surface area contributed by atoms with E-state index in [9.17, 15) is 0 Å². The van der Waals surface area contributed by atoms with Gasteiger partial charge in [0.2, 0.25) is 5.88 Å². The molecule has 1 heterocycles. The zero-order valence-corrected chi connectivity index (χ0v) is 11.1. The van der Waals surface area contributed by atoms with Crippen LogP contribution in [-0.2, 0) is 12.0 Å². The maximum atomic E-state index is 5.59. The van der Waals surface area contributed by atoms with Gasteiger partial charge in [0.1, 0.15) is 6.61 Å². The predicted molar refractivity (Wildman–Crippen MR) is 71.5 cm³/mol. The average Bonchev–Trinajstić information content (AvgIpc) is 2.37. The lowest BCUT2D eigenvalue weighted by molar-refractivity contribution is 0.291. The molecule has 18 heavy (non-hydrogen) atoms. The molecule has 3 nitrogen and oxygen atoms in total. The van der Waals surface area contributed by atoms with Crippen molar-refractivity contribution in [1.29, 1.82) is 0 Å². The fourth-order valence-electron chi connectivity index (χ4n) is 1.51. The van der Waals surface area contributed by atoms with E-state index in [0.29, 0.717) is 12.5 Å². The molecule has 0 unspecified atom stereocenters. The second kappa shape index (κ2) is 5.17. The van der Waals surface area contributed by atoms with E-state index in [1.54, 1.807) is 12.4 Å². The van der Waals surface area contributed by atoms with Crippen molar-refractivity contribution < 1.29 is 4.74 Å². The SMILES string of the molecule is CC(C)(C)c1cnc(OCc2ccccc2)cn1. The van der Waals surface area contributed by atoms with Gasteiger partial charge in [0.15, 0.2) is 0 Å². The van der Waals surface area contributed by atoms with Crippen LogP contribution in [0.2, 0.25) is 0 Å². The Kier molecular flexibility index (Phi) is 3.60. The Morgan fingerprint density at radius 2 is 1.72 bits per heavy atom. The fourth-order valence-corrected chi connectivity index (χ4v) is 1.51. The van der Waals surface area contributed by atoms with Gasteiger partial charge in [-0.1, -0.05) is 51.1 Å². The van der Waals surface area contributed by atoms with Crippen molar-refractivity contribution in [2.75, 3.05) is 0 Å². The summed E-state index contributed by atoms with van der Waals surface area (Å²) in [6, 6.07) is 10.0. The molecule has 3 heteroatoms. The van der Waals surface area contributed by atoms with Crippen molar-refractivity contribution >= 4 is 0 Å². The highest BCUT2D eigenvalue weighted by molar-refractivity contribution is 5.16. The summed E-state index contributed by atoms with van der Waals surface area (Å²) in [7, 11) is 0. The van der Waals surface area contributed by atoms with Crippen molar-refractivity contribution in [3.05, 3.63) is 54.0 Å². The number of aromatic nitrogens is 2. The van der Waals surface area contributed by atoms with Crippen LogP contribution in [0.25, 0.3) is 0 Å². The summed E-state index contributed by atoms with van der Waals surface area (Å²) in [5, 5.41) is 0. The Hall–Kier alpha value is -1.90. The zero-order chi connectivity index (χ0) is 13.0. The van der Waals surface area contributed by atoms with Gasteiger partial charge in [0.05, 0.1) is 18.1 Å². The third-order valence-electron chi connectivity index (χ3n) is 2.63. The Morgan fingerprint density at radius 3 is 2.28 bits per heavy atom. The summed E-state index contributed by atoms with van der Waals surface area (Å²) in [6.07, 6.45) is 3.46. The lowest BCUT2D eigenvalue weighted by Crippen LogP contribution is -2.13. The molecular weight excluding hydrogens is 224 g/mol. The maximum Gasteiger partial charge on any atom is 0.232 e. The predicted octanol–water partition coefficient (Wildman–Crippen LogP) is 3.35. The number of nitrogens with zero attached hydrogens (tertiary/aromatic N) is 2. The third kappa shape index (κ3) is 3.29. The standard InChI is InChI=1S/C15H18N2O/c1-15(2,3)13-9-17-14(10-16-13)18-11-12-7-5-4-6-8-12/h4-10H,11H2,1-3H3. The Labute approximate surface area is 108 Å². The normalized spacial score (nSPS) is 11.3. The van der Waals surface area contributed by atoms with Gasteiger partial charge < -0.3 is 4.74 Å². The topological polar surface area (TPSA) is 35.0 Å². The van der Waals surface area contributed by atoms with E-state index in [-0.39, 0.29) is 5.41 Å². The van der Waals surface area contributed by atoms with Crippen LogP contribution in [0.4, 0.5) is 0 Å². The molecule has 2 rings (SSSR count). The summed E-state index contributed by atoms with van der Waals surface area (Å²) < 4.78 is 5.59. The number of benzene rings is 1. The molecule has 0 saturated heterocycles. The average molecular weight is 242 g/mol. The van der Waals surface area contributed by atoms with Gasteiger partial charge >= 0.3 is 0 Å². The molecule has 0 aliphatic heterocycles. The Balaban J connectivity index is 1.99. The quantitative estimate of drug-likeness (QED) is 0.827. The third-order valence-corrected chi connectivity index (χ3v) is 2.63. The van der Waals surface area contributed by atoms with Gasteiger partial charge in [-0.3, -0.25) is 4.98 Å². The van der Waals surface area contributed by atoms with Gasteiger partial charge in [-0.2, -0.15) is 0 Å². The minimum atomic E-state index is 0.0188. The van der Waals surface area contributed by atoms with Crippen molar-refractivity contribution in [2.45, 2.75) is 32.8 Å². The summed E-state index contributed by atoms with van der Waals surface area (Å²) in [5.41, 5.74) is 2.11. The van der Waals surface area contributed by atoms with Crippen molar-refractivity contribution in [3.63, 3.8) is 0 Å². The maximum absolute atomic E-state index is 5.59. The van der Waals surface area contributed by atoms with Crippen LogP contribution in [0.3, 0.4) is 0 Å². The van der Waals surface area contributed by atoms with E-state index >= 15 is 0 Å². The monoisotopic (exact) mass is 242 g/mol. The van der Waals surface area contributed by atoms with Crippen LogP contribution in [0.15, 0.2) is 42.7 Å². The molecule has 0 saturated carbocycles. The first-order chi connectivity index (χ1) is 8.55. The zero-order valence-electron chi connectivity index (χ0n) is 11.1. The molecule has 0 amide bonds. The lowest BCUT2D eigenvalue weighted by Gasteiger charge is -2.16. The highest BCUT2D eigenvalue weighted by Gasteiger charge is 2.15. The van der Waals surface area contributed by atoms with E-state index < -0.39 is 0 Å². The first-order valence-electron chi connectivity index (χ1n) is 6.05. The number of hydrogen-bond acceptors (Lipinski definition) is 3. The minimum Gasteiger partial charge on any atom is -0.472 e. The number of rotatable bonds is 3. The van der Waals surface area contributed by atoms with Crippen molar-refractivity contribution in [2.24, 2.45) is 0 Å². The van der Waals surface area contributed by atoms with E-state index in [1.165, 1.54) is 0 Å². The molecule has 1 aromatic carbocycles. The van der Waals surface area contributed by atoms with Crippen molar-refractivity contribution in [3.8, 4) is 5.88 Å². The molecule has 0 aliphatic carbocycles. The first-order valence-corrected chi connectivity index (χ1v) is 6.05. The fraction of sp³-hybridized carbons (Fsp3) is 0.333. The highest BCUT2D eigenvalue weighted by Crippen LogP contribution is 2.20. The Morgan fingerprint density at radius 1 is 1.00 bits per heavy atom. The van der Waals surface area contributed by atoms with E-state index in [2.05, 4.69) is 30.7 Å². The molecule has 0 spiro atoms. The molecular formula is C15H18N2O. The molecule has 0 aliphatic rings. The molecule has 0 radical (unpaired) electrons. The first kappa shape index (κ1) is 12.6. The van der Waals surface area contributed by atoms with E-state index in [1.807, 2.05) is 30.3 Å². The second-order valence-corrected chi connectivity index (χ2v) is 5.26. The molecule has 0 atom stereocenters. The smallest absolute Gasteiger partial charge is 0.232 e. The summed E-state index contributed by atoms with van der Waals surface area (Å²) in [5.74, 6) is 0.562. The molecule has 1 aromatic heterocycles. The Bertz CT molecular complexity index is 486. The van der Waals surface area contributed by atoms with Crippen LogP contribution < -0.4 is 4.74 Å². The molecule has 94 valence electrons. The minimum absolute atomic E-state index is 0.0188.